The zero-order chi connectivity index (χ0) is 26.5. The molecule has 6 rings (SSSR count). The quantitative estimate of drug-likeness (QED) is 0.123. The van der Waals surface area contributed by atoms with Gasteiger partial charge in [0.1, 0.15) is 23.0 Å². The molecule has 0 saturated carbocycles. The van der Waals surface area contributed by atoms with E-state index in [1.165, 1.54) is 11.8 Å². The number of hydrogen-bond donors (Lipinski definition) is 1. The first-order valence-corrected chi connectivity index (χ1v) is 12.2. The van der Waals surface area contributed by atoms with E-state index in [0.717, 1.165) is 22.6 Å². The summed E-state index contributed by atoms with van der Waals surface area (Å²) in [6, 6.07) is 24.6. The van der Waals surface area contributed by atoms with Crippen molar-refractivity contribution in [3.8, 4) is 11.5 Å². The van der Waals surface area contributed by atoms with Crippen LogP contribution in [0.15, 0.2) is 97.1 Å². The van der Waals surface area contributed by atoms with E-state index in [4.69, 9.17) is 21.1 Å². The average Bonchev–Trinajstić information content (AvgIpc) is 2.89. The number of hydrogen-bond acceptors (Lipinski definition) is 5. The number of β-lactam (4-membered cyclic amide) rings is 1. The Morgan fingerprint density at radius 2 is 1.46 bits per heavy atom. The second kappa shape index (κ2) is 11.3. The number of carbonyl (C=O) groups excluding carboxylic acids is 3. The zero-order valence-corrected chi connectivity index (χ0v) is 21.2. The molecule has 0 aromatic heterocycles. The fourth-order valence-electron chi connectivity index (χ4n) is 4.09. The average molecular weight is 519 g/mol. The molecule has 0 aliphatic carbocycles. The van der Waals surface area contributed by atoms with Gasteiger partial charge in [-0.15, -0.1) is 0 Å². The summed E-state index contributed by atoms with van der Waals surface area (Å²) in [4.78, 5) is 38.2. The van der Waals surface area contributed by atoms with E-state index in [1.54, 1.807) is 6.92 Å². The highest BCUT2D eigenvalue weighted by Gasteiger charge is 2.52. The molecule has 3 aliphatic heterocycles. The molecule has 1 fully saturated rings. The molecule has 3 unspecified atom stereocenters. The van der Waals surface area contributed by atoms with Gasteiger partial charge in [-0.05, 0) is 35.8 Å². The molecule has 1 saturated heterocycles. The number of rotatable bonds is 7. The van der Waals surface area contributed by atoms with E-state index in [2.05, 4.69) is 11.9 Å². The predicted molar refractivity (Wildman–Crippen MR) is 140 cm³/mol. The molecule has 7 nitrogen and oxygen atoms in total. The van der Waals surface area contributed by atoms with Crippen LogP contribution in [0, 0.1) is 0 Å². The van der Waals surface area contributed by atoms with Gasteiger partial charge in [0.15, 0.2) is 12.1 Å². The lowest BCUT2D eigenvalue weighted by Gasteiger charge is -2.47. The van der Waals surface area contributed by atoms with Crippen molar-refractivity contribution < 1.29 is 23.9 Å². The Bertz CT molecular complexity index is 1230. The van der Waals surface area contributed by atoms with E-state index in [9.17, 15) is 14.4 Å². The van der Waals surface area contributed by atoms with Crippen LogP contribution in [0.2, 0.25) is 0 Å². The van der Waals surface area contributed by atoms with Crippen LogP contribution in [0.4, 0.5) is 0 Å². The van der Waals surface area contributed by atoms with Crippen LogP contribution < -0.4 is 10.1 Å². The lowest BCUT2D eigenvalue weighted by atomic mass is 9.98. The van der Waals surface area contributed by atoms with Gasteiger partial charge in [0.25, 0.3) is 5.91 Å². The van der Waals surface area contributed by atoms with Gasteiger partial charge >= 0.3 is 5.97 Å². The van der Waals surface area contributed by atoms with Gasteiger partial charge in [-0.25, -0.2) is 4.79 Å². The number of nitrogens with zero attached hydrogens (tertiary/aromatic N) is 1. The molecule has 3 aliphatic rings. The number of alkyl halides is 1. The van der Waals surface area contributed by atoms with E-state index in [-0.39, 0.29) is 5.91 Å². The highest BCUT2D eigenvalue weighted by atomic mass is 35.5. The smallest absolute Gasteiger partial charge is 0.334 e. The molecular weight excluding hydrogens is 492 g/mol. The molecular formula is C29H27ClN2O5. The van der Waals surface area contributed by atoms with E-state index < -0.39 is 35.6 Å². The molecule has 3 aromatic carbocycles. The number of likely N-dealkylation sites (tertiary alicyclic amines) is 1. The topological polar surface area (TPSA) is 84.9 Å². The molecule has 2 amide bonds. The maximum absolute atomic E-state index is 13.2. The van der Waals surface area contributed by atoms with Crippen LogP contribution in [0.25, 0.3) is 0 Å². The van der Waals surface area contributed by atoms with Gasteiger partial charge in [0, 0.05) is 13.0 Å². The Morgan fingerprint density at radius 1 is 0.946 bits per heavy atom. The van der Waals surface area contributed by atoms with Crippen molar-refractivity contribution in [3.05, 3.63) is 108 Å². The number of esters is 1. The molecule has 190 valence electrons. The maximum atomic E-state index is 13.2. The number of amides is 2. The molecule has 2 bridgehead atoms. The Kier molecular flexibility index (Phi) is 7.94. The number of halogens is 1. The van der Waals surface area contributed by atoms with Gasteiger partial charge in [-0.3, -0.25) is 9.59 Å². The van der Waals surface area contributed by atoms with Crippen LogP contribution in [-0.2, 0) is 19.1 Å². The third-order valence-electron chi connectivity index (χ3n) is 5.87. The molecule has 8 heteroatoms. The van der Waals surface area contributed by atoms with Gasteiger partial charge in [0.05, 0.1) is 0 Å². The summed E-state index contributed by atoms with van der Waals surface area (Å²) in [6.45, 7) is 6.78. The number of benzene rings is 3. The number of ether oxygens (including phenoxy) is 2. The largest absolute Gasteiger partial charge is 0.457 e. The van der Waals surface area contributed by atoms with Crippen molar-refractivity contribution in [2.24, 2.45) is 0 Å². The van der Waals surface area contributed by atoms with Crippen LogP contribution in [0.3, 0.4) is 0 Å². The monoisotopic (exact) mass is 518 g/mol. The first kappa shape index (κ1) is 26.0. The minimum absolute atomic E-state index is 0.374. The van der Waals surface area contributed by atoms with Crippen molar-refractivity contribution >= 4 is 29.4 Å². The third kappa shape index (κ3) is 5.84. The molecule has 0 spiro atoms. The van der Waals surface area contributed by atoms with Crippen LogP contribution >= 0.6 is 11.6 Å². The number of fused-ring (bicyclic) bond motifs is 2. The van der Waals surface area contributed by atoms with Gasteiger partial charge < -0.3 is 19.7 Å². The highest BCUT2D eigenvalue weighted by molar-refractivity contribution is 6.27. The predicted octanol–water partition coefficient (Wildman–Crippen LogP) is 4.97. The van der Waals surface area contributed by atoms with E-state index in [0.29, 0.717) is 5.57 Å². The second-order valence-electron chi connectivity index (χ2n) is 8.76. The van der Waals surface area contributed by atoms with Crippen LogP contribution in [-0.4, -0.2) is 40.3 Å². The van der Waals surface area contributed by atoms with E-state index in [1.807, 2.05) is 84.9 Å². The molecule has 3 aromatic rings. The van der Waals surface area contributed by atoms with Crippen LogP contribution in [0.1, 0.15) is 31.1 Å². The highest BCUT2D eigenvalue weighted by Crippen LogP contribution is 2.33. The molecule has 3 heterocycles. The summed E-state index contributed by atoms with van der Waals surface area (Å²) < 4.78 is 10.9. The van der Waals surface area contributed by atoms with Crippen molar-refractivity contribution in [2.75, 3.05) is 0 Å². The lowest BCUT2D eigenvalue weighted by Crippen LogP contribution is -2.72. The summed E-state index contributed by atoms with van der Waals surface area (Å²) in [5, 5.41) is 2.49. The minimum Gasteiger partial charge on any atom is -0.457 e. The van der Waals surface area contributed by atoms with E-state index >= 15 is 0 Å². The Hall–Kier alpha value is -4.10. The lowest BCUT2D eigenvalue weighted by molar-refractivity contribution is -0.165. The maximum Gasteiger partial charge on any atom is 0.334 e. The summed E-state index contributed by atoms with van der Waals surface area (Å²) in [5.74, 6) is 0.503. The summed E-state index contributed by atoms with van der Waals surface area (Å²) in [5.41, 5.74) is 1.14. The Morgan fingerprint density at radius 3 is 1.81 bits per heavy atom. The van der Waals surface area contributed by atoms with Gasteiger partial charge in [-0.1, -0.05) is 84.9 Å². The summed E-state index contributed by atoms with van der Waals surface area (Å²) in [6.07, 6.45) is -0.655. The van der Waals surface area contributed by atoms with Crippen molar-refractivity contribution in [2.45, 2.75) is 37.5 Å². The Labute approximate surface area is 220 Å². The third-order valence-corrected chi connectivity index (χ3v) is 6.33. The Balaban J connectivity index is 0.000000387. The van der Waals surface area contributed by atoms with Crippen molar-refractivity contribution in [1.29, 1.82) is 0 Å². The van der Waals surface area contributed by atoms with Gasteiger partial charge in [0.2, 0.25) is 5.91 Å². The molecule has 3 atom stereocenters. The summed E-state index contributed by atoms with van der Waals surface area (Å²) in [7, 11) is 0. The summed E-state index contributed by atoms with van der Waals surface area (Å²) >= 11 is 6.31. The number of carbonyl (C=O) groups is 3. The standard InChI is InChI=1S/C23H23ClN2O4.C6H4O/c1-14(2)19(26-21(24)18(22(26)28)25-15(3)27)23(29)30-20(16-10-6-4-7-11-16)17-12-8-5-9-13-17;1-2-5-4-6(3-1)7-5/h4-13,18-21H,1H2,2-3H3,(H,25,27);1-4H. The minimum atomic E-state index is -1.06. The van der Waals surface area contributed by atoms with Crippen molar-refractivity contribution in [3.63, 3.8) is 0 Å². The molecule has 0 radical (unpaired) electrons. The first-order valence-electron chi connectivity index (χ1n) is 11.7. The van der Waals surface area contributed by atoms with Crippen molar-refractivity contribution in [1.82, 2.24) is 10.2 Å². The fourth-order valence-corrected chi connectivity index (χ4v) is 4.47. The number of nitrogens with one attached hydrogen (secondary N) is 1. The normalized spacial score (nSPS) is 17.7. The first-order chi connectivity index (χ1) is 17.8. The SMILES string of the molecule is C=C(C)C(C(=O)OC(c1ccccc1)c1ccccc1)N1C(=O)C(NC(C)=O)C1Cl.c1cc2cc(c1)O2. The molecule has 37 heavy (non-hydrogen) atoms. The zero-order valence-electron chi connectivity index (χ0n) is 20.5. The van der Waals surface area contributed by atoms with Crippen LogP contribution in [0.5, 0.6) is 11.5 Å². The second-order valence-corrected chi connectivity index (χ2v) is 9.21. The van der Waals surface area contributed by atoms with Gasteiger partial charge in [-0.2, -0.15) is 0 Å². The molecule has 1 N–H and O–H groups in total. The fraction of sp³-hybridized carbons (Fsp3) is 0.207.